The van der Waals surface area contributed by atoms with Crippen molar-refractivity contribution in [3.05, 3.63) is 48.6 Å². The van der Waals surface area contributed by atoms with Crippen molar-refractivity contribution >= 4 is 5.91 Å². The van der Waals surface area contributed by atoms with E-state index < -0.39 is 0 Å². The summed E-state index contributed by atoms with van der Waals surface area (Å²) in [6.45, 7) is 7.02. The number of rotatable bonds is 8. The highest BCUT2D eigenvalue weighted by atomic mass is 16.3. The molecule has 104 valence electrons. The van der Waals surface area contributed by atoms with Crippen molar-refractivity contribution in [3.63, 3.8) is 0 Å². The summed E-state index contributed by atoms with van der Waals surface area (Å²) in [7, 11) is 0. The molecule has 19 heavy (non-hydrogen) atoms. The minimum absolute atomic E-state index is 0.0336. The lowest BCUT2D eigenvalue weighted by molar-refractivity contribution is -0.126. The van der Waals surface area contributed by atoms with Gasteiger partial charge in [0.05, 0.1) is 12.6 Å². The van der Waals surface area contributed by atoms with Crippen molar-refractivity contribution in [1.29, 1.82) is 0 Å². The Hall–Kier alpha value is -1.65. The van der Waals surface area contributed by atoms with E-state index in [1.165, 1.54) is 0 Å². The van der Waals surface area contributed by atoms with Crippen molar-refractivity contribution in [3.8, 4) is 0 Å². The van der Waals surface area contributed by atoms with E-state index in [1.807, 2.05) is 42.2 Å². The maximum absolute atomic E-state index is 11.9. The molecule has 0 radical (unpaired) electrons. The summed E-state index contributed by atoms with van der Waals surface area (Å²) in [5.74, 6) is -0.0516. The van der Waals surface area contributed by atoms with Gasteiger partial charge < -0.3 is 10.4 Å². The average Bonchev–Trinajstić information content (AvgIpc) is 2.44. The molecule has 0 bridgehead atoms. The summed E-state index contributed by atoms with van der Waals surface area (Å²) in [6, 6.07) is 9.63. The van der Waals surface area contributed by atoms with Crippen molar-refractivity contribution in [2.75, 3.05) is 19.7 Å². The van der Waals surface area contributed by atoms with Crippen molar-refractivity contribution in [1.82, 2.24) is 10.2 Å². The van der Waals surface area contributed by atoms with E-state index in [0.29, 0.717) is 19.6 Å². The predicted molar refractivity (Wildman–Crippen MR) is 76.6 cm³/mol. The van der Waals surface area contributed by atoms with Gasteiger partial charge in [0, 0.05) is 19.6 Å². The molecule has 0 aliphatic carbocycles. The lowest BCUT2D eigenvalue weighted by Crippen LogP contribution is -2.45. The number of benzene rings is 1. The fourth-order valence-electron chi connectivity index (χ4n) is 1.84. The second-order valence-electron chi connectivity index (χ2n) is 4.39. The molecule has 1 rings (SSSR count). The number of hydrogen-bond donors (Lipinski definition) is 2. The number of carbonyl (C=O) groups excluding carboxylic acids is 1. The fraction of sp³-hybridized carbons (Fsp3) is 0.400. The summed E-state index contributed by atoms with van der Waals surface area (Å²) in [5.41, 5.74) is 1.12. The van der Waals surface area contributed by atoms with Gasteiger partial charge in [0.2, 0.25) is 5.91 Å². The van der Waals surface area contributed by atoms with Crippen molar-refractivity contribution in [2.24, 2.45) is 0 Å². The van der Waals surface area contributed by atoms with Gasteiger partial charge in [0.15, 0.2) is 0 Å². The molecule has 1 unspecified atom stereocenters. The Morgan fingerprint density at radius 1 is 1.47 bits per heavy atom. The van der Waals surface area contributed by atoms with Crippen LogP contribution in [0.3, 0.4) is 0 Å². The molecule has 2 N–H and O–H groups in total. The average molecular weight is 262 g/mol. The Labute approximate surface area is 114 Å². The predicted octanol–water partition coefficient (Wildman–Crippen LogP) is 1.17. The maximum Gasteiger partial charge on any atom is 0.237 e. The monoisotopic (exact) mass is 262 g/mol. The van der Waals surface area contributed by atoms with Crippen LogP contribution < -0.4 is 5.32 Å². The molecule has 4 nitrogen and oxygen atoms in total. The molecule has 1 amide bonds. The largest absolute Gasteiger partial charge is 0.395 e. The zero-order chi connectivity index (χ0) is 14.1. The summed E-state index contributed by atoms with van der Waals surface area (Å²) in [5, 5.41) is 11.9. The van der Waals surface area contributed by atoms with Gasteiger partial charge in [-0.1, -0.05) is 36.4 Å². The zero-order valence-corrected chi connectivity index (χ0v) is 11.4. The third-order valence-electron chi connectivity index (χ3n) is 2.96. The Morgan fingerprint density at radius 3 is 2.74 bits per heavy atom. The Morgan fingerprint density at radius 2 is 2.16 bits per heavy atom. The lowest BCUT2D eigenvalue weighted by Gasteiger charge is -2.27. The van der Waals surface area contributed by atoms with Crippen LogP contribution in [0.25, 0.3) is 0 Å². The van der Waals surface area contributed by atoms with Gasteiger partial charge in [0.25, 0.3) is 0 Å². The molecule has 0 heterocycles. The highest BCUT2D eigenvalue weighted by Gasteiger charge is 2.20. The zero-order valence-electron chi connectivity index (χ0n) is 11.4. The van der Waals surface area contributed by atoms with Crippen molar-refractivity contribution < 1.29 is 9.90 Å². The standard InChI is InChI=1S/C15H22N2O2/c1-3-9-16-15(19)13(2)17(10-11-18)12-14-7-5-4-6-8-14/h3-8,13,18H,1,9-12H2,2H3,(H,16,19). The molecule has 4 heteroatoms. The Bertz CT molecular complexity index is 392. The molecule has 1 aromatic rings. The van der Waals surface area contributed by atoms with Crippen LogP contribution in [-0.4, -0.2) is 41.7 Å². The second kappa shape index (κ2) is 8.45. The molecular formula is C15H22N2O2. The molecule has 1 aromatic carbocycles. The first-order valence-electron chi connectivity index (χ1n) is 6.46. The van der Waals surface area contributed by atoms with E-state index in [9.17, 15) is 4.79 Å². The van der Waals surface area contributed by atoms with Crippen molar-refractivity contribution in [2.45, 2.75) is 19.5 Å². The first-order chi connectivity index (χ1) is 9.19. The topological polar surface area (TPSA) is 52.6 Å². The molecule has 0 saturated heterocycles. The van der Waals surface area contributed by atoms with Crippen LogP contribution in [0.5, 0.6) is 0 Å². The van der Waals surface area contributed by atoms with Crippen LogP contribution in [0.2, 0.25) is 0 Å². The smallest absolute Gasteiger partial charge is 0.237 e. The van der Waals surface area contributed by atoms with Crippen LogP contribution >= 0.6 is 0 Å². The molecule has 0 fully saturated rings. The first kappa shape index (κ1) is 15.4. The van der Waals surface area contributed by atoms with Gasteiger partial charge in [0.1, 0.15) is 0 Å². The summed E-state index contributed by atoms with van der Waals surface area (Å²) >= 11 is 0. The Kier molecular flexibility index (Phi) is 6.85. The molecule has 1 atom stereocenters. The molecule has 0 aromatic heterocycles. The van der Waals surface area contributed by atoms with Gasteiger partial charge >= 0.3 is 0 Å². The van der Waals surface area contributed by atoms with Crippen LogP contribution in [0.15, 0.2) is 43.0 Å². The van der Waals surface area contributed by atoms with E-state index in [1.54, 1.807) is 6.08 Å². The maximum atomic E-state index is 11.9. The van der Waals surface area contributed by atoms with Gasteiger partial charge in [-0.25, -0.2) is 0 Å². The van der Waals surface area contributed by atoms with E-state index in [2.05, 4.69) is 11.9 Å². The summed E-state index contributed by atoms with van der Waals surface area (Å²) < 4.78 is 0. The summed E-state index contributed by atoms with van der Waals surface area (Å²) in [4.78, 5) is 13.9. The number of aliphatic hydroxyl groups excluding tert-OH is 1. The summed E-state index contributed by atoms with van der Waals surface area (Å²) in [6.07, 6.45) is 1.65. The van der Waals surface area contributed by atoms with Crippen LogP contribution in [0, 0.1) is 0 Å². The van der Waals surface area contributed by atoms with E-state index in [-0.39, 0.29) is 18.6 Å². The van der Waals surface area contributed by atoms with Gasteiger partial charge in [-0.05, 0) is 12.5 Å². The number of nitrogens with one attached hydrogen (secondary N) is 1. The van der Waals surface area contributed by atoms with Gasteiger partial charge in [-0.15, -0.1) is 6.58 Å². The number of hydrogen-bond acceptors (Lipinski definition) is 3. The number of carbonyl (C=O) groups is 1. The second-order valence-corrected chi connectivity index (χ2v) is 4.39. The number of amides is 1. The third-order valence-corrected chi connectivity index (χ3v) is 2.96. The highest BCUT2D eigenvalue weighted by Crippen LogP contribution is 2.08. The number of aliphatic hydroxyl groups is 1. The minimum Gasteiger partial charge on any atom is -0.395 e. The normalized spacial score (nSPS) is 12.2. The van der Waals surface area contributed by atoms with Crippen LogP contribution in [0.4, 0.5) is 0 Å². The minimum atomic E-state index is -0.285. The third kappa shape index (κ3) is 5.24. The molecule has 0 aliphatic heterocycles. The molecule has 0 spiro atoms. The van der Waals surface area contributed by atoms with Crippen LogP contribution in [-0.2, 0) is 11.3 Å². The van der Waals surface area contributed by atoms with Crippen LogP contribution in [0.1, 0.15) is 12.5 Å². The quantitative estimate of drug-likeness (QED) is 0.692. The molecule has 0 saturated carbocycles. The van der Waals surface area contributed by atoms with Gasteiger partial charge in [-0.2, -0.15) is 0 Å². The number of nitrogens with zero attached hydrogens (tertiary/aromatic N) is 1. The van der Waals surface area contributed by atoms with Gasteiger partial charge in [-0.3, -0.25) is 9.69 Å². The van der Waals surface area contributed by atoms with E-state index in [4.69, 9.17) is 5.11 Å². The molecular weight excluding hydrogens is 240 g/mol. The SMILES string of the molecule is C=CCNC(=O)C(C)N(CCO)Cc1ccccc1. The van der Waals surface area contributed by atoms with E-state index >= 15 is 0 Å². The lowest BCUT2D eigenvalue weighted by atomic mass is 10.1. The highest BCUT2D eigenvalue weighted by molar-refractivity contribution is 5.81. The first-order valence-corrected chi connectivity index (χ1v) is 6.46. The Balaban J connectivity index is 2.65. The fourth-order valence-corrected chi connectivity index (χ4v) is 1.84. The molecule has 0 aliphatic rings. The van der Waals surface area contributed by atoms with E-state index in [0.717, 1.165) is 5.56 Å².